The highest BCUT2D eigenvalue weighted by Gasteiger charge is 2.00. The molecule has 0 fully saturated rings. The van der Waals surface area contributed by atoms with Crippen molar-refractivity contribution in [3.05, 3.63) is 41.7 Å². The first-order valence-corrected chi connectivity index (χ1v) is 5.90. The monoisotopic (exact) mass is 265 g/mol. The molecule has 5 heteroatoms. The maximum absolute atomic E-state index is 12.9. The Balaban J connectivity index is 2.29. The minimum Gasteiger partial charge on any atom is -0.469 e. The minimum atomic E-state index is -0.347. The Kier molecular flexibility index (Phi) is 6.29. The number of ether oxygens (including phenoxy) is 1. The molecule has 1 amide bonds. The lowest BCUT2D eigenvalue weighted by Crippen LogP contribution is -2.22. The van der Waals surface area contributed by atoms with E-state index in [-0.39, 0.29) is 24.1 Å². The number of esters is 1. The Morgan fingerprint density at radius 1 is 1.42 bits per heavy atom. The molecule has 102 valence electrons. The Morgan fingerprint density at radius 3 is 2.89 bits per heavy atom. The van der Waals surface area contributed by atoms with Crippen LogP contribution in [0.2, 0.25) is 0 Å². The van der Waals surface area contributed by atoms with Crippen LogP contribution in [0.3, 0.4) is 0 Å². The van der Waals surface area contributed by atoms with Crippen molar-refractivity contribution in [3.8, 4) is 0 Å². The third-order valence-electron chi connectivity index (χ3n) is 2.36. The zero-order valence-corrected chi connectivity index (χ0v) is 10.7. The van der Waals surface area contributed by atoms with Crippen LogP contribution in [0.4, 0.5) is 4.39 Å². The van der Waals surface area contributed by atoms with Crippen molar-refractivity contribution in [3.63, 3.8) is 0 Å². The van der Waals surface area contributed by atoms with E-state index in [0.717, 1.165) is 0 Å². The van der Waals surface area contributed by atoms with Crippen LogP contribution in [0.25, 0.3) is 6.08 Å². The summed E-state index contributed by atoms with van der Waals surface area (Å²) in [5.74, 6) is -0.931. The second-order valence-electron chi connectivity index (χ2n) is 3.86. The first kappa shape index (κ1) is 14.9. The molecule has 1 aromatic rings. The lowest BCUT2D eigenvalue weighted by molar-refractivity contribution is -0.140. The van der Waals surface area contributed by atoms with Crippen molar-refractivity contribution in [2.45, 2.75) is 12.8 Å². The average Bonchev–Trinajstić information content (AvgIpc) is 2.41. The van der Waals surface area contributed by atoms with E-state index in [1.165, 1.54) is 31.4 Å². The van der Waals surface area contributed by atoms with Crippen LogP contribution < -0.4 is 5.32 Å². The van der Waals surface area contributed by atoms with Gasteiger partial charge >= 0.3 is 5.97 Å². The molecule has 0 unspecified atom stereocenters. The predicted molar refractivity (Wildman–Crippen MR) is 69.7 cm³/mol. The van der Waals surface area contributed by atoms with Crippen LogP contribution in [0.15, 0.2) is 30.3 Å². The van der Waals surface area contributed by atoms with Gasteiger partial charge in [0.25, 0.3) is 0 Å². The maximum Gasteiger partial charge on any atom is 0.305 e. The Labute approximate surface area is 111 Å². The van der Waals surface area contributed by atoms with Gasteiger partial charge in [-0.2, -0.15) is 0 Å². The molecule has 0 spiro atoms. The summed E-state index contributed by atoms with van der Waals surface area (Å²) in [4.78, 5) is 22.2. The van der Waals surface area contributed by atoms with Gasteiger partial charge in [-0.05, 0) is 30.2 Å². The number of carbonyl (C=O) groups excluding carboxylic acids is 2. The van der Waals surface area contributed by atoms with Gasteiger partial charge in [0.1, 0.15) is 5.82 Å². The van der Waals surface area contributed by atoms with Crippen molar-refractivity contribution in [1.82, 2.24) is 5.32 Å². The molecule has 1 aromatic carbocycles. The van der Waals surface area contributed by atoms with E-state index in [4.69, 9.17) is 0 Å². The van der Waals surface area contributed by atoms with Gasteiger partial charge in [-0.15, -0.1) is 0 Å². The second kappa shape index (κ2) is 8.02. The number of rotatable bonds is 6. The number of hydrogen-bond acceptors (Lipinski definition) is 3. The van der Waals surface area contributed by atoms with Crippen LogP contribution >= 0.6 is 0 Å². The van der Waals surface area contributed by atoms with Gasteiger partial charge in [0.15, 0.2) is 0 Å². The second-order valence-corrected chi connectivity index (χ2v) is 3.86. The molecule has 0 aliphatic heterocycles. The lowest BCUT2D eigenvalue weighted by Gasteiger charge is -2.01. The lowest BCUT2D eigenvalue weighted by atomic mass is 10.2. The summed E-state index contributed by atoms with van der Waals surface area (Å²) in [6.45, 7) is 0.390. The van der Waals surface area contributed by atoms with Crippen molar-refractivity contribution in [1.29, 1.82) is 0 Å². The highest BCUT2D eigenvalue weighted by molar-refractivity contribution is 5.91. The zero-order valence-electron chi connectivity index (χ0n) is 10.7. The zero-order chi connectivity index (χ0) is 14.1. The molecule has 4 nitrogen and oxygen atoms in total. The first-order valence-electron chi connectivity index (χ1n) is 5.90. The average molecular weight is 265 g/mol. The summed E-state index contributed by atoms with van der Waals surface area (Å²) >= 11 is 0. The quantitative estimate of drug-likeness (QED) is 0.485. The highest BCUT2D eigenvalue weighted by Crippen LogP contribution is 2.05. The summed E-state index contributed by atoms with van der Waals surface area (Å²) < 4.78 is 17.3. The molecule has 0 aliphatic carbocycles. The van der Waals surface area contributed by atoms with E-state index >= 15 is 0 Å². The maximum atomic E-state index is 12.9. The fourth-order valence-corrected chi connectivity index (χ4v) is 1.39. The van der Waals surface area contributed by atoms with E-state index in [1.54, 1.807) is 12.1 Å². The van der Waals surface area contributed by atoms with Gasteiger partial charge in [-0.3, -0.25) is 9.59 Å². The fourth-order valence-electron chi connectivity index (χ4n) is 1.39. The van der Waals surface area contributed by atoms with Gasteiger partial charge < -0.3 is 10.1 Å². The SMILES string of the molecule is COC(=O)CCCNC(=O)/C=C/c1cccc(F)c1. The van der Waals surface area contributed by atoms with Crippen LogP contribution in [0.1, 0.15) is 18.4 Å². The van der Waals surface area contributed by atoms with Gasteiger partial charge in [-0.1, -0.05) is 12.1 Å². The van der Waals surface area contributed by atoms with Crippen molar-refractivity contribution in [2.24, 2.45) is 0 Å². The van der Waals surface area contributed by atoms with E-state index in [2.05, 4.69) is 10.1 Å². The molecule has 0 heterocycles. The van der Waals surface area contributed by atoms with Crippen molar-refractivity contribution in [2.75, 3.05) is 13.7 Å². The topological polar surface area (TPSA) is 55.4 Å². The Hall–Kier alpha value is -2.17. The minimum absolute atomic E-state index is 0.268. The molecule has 1 rings (SSSR count). The molecule has 0 saturated heterocycles. The number of benzene rings is 1. The summed E-state index contributed by atoms with van der Waals surface area (Å²) in [6.07, 6.45) is 3.64. The summed E-state index contributed by atoms with van der Waals surface area (Å²) in [7, 11) is 1.32. The van der Waals surface area contributed by atoms with Gasteiger partial charge in [0.05, 0.1) is 7.11 Å². The van der Waals surface area contributed by atoms with Crippen LogP contribution in [0, 0.1) is 5.82 Å². The standard InChI is InChI=1S/C14H16FNO3/c1-19-14(18)6-3-9-16-13(17)8-7-11-4-2-5-12(15)10-11/h2,4-5,7-8,10H,3,6,9H2,1H3,(H,16,17)/b8-7+. The number of amides is 1. The molecule has 0 atom stereocenters. The normalized spacial score (nSPS) is 10.4. The first-order chi connectivity index (χ1) is 9.11. The number of nitrogens with one attached hydrogen (secondary N) is 1. The van der Waals surface area contributed by atoms with Crippen LogP contribution in [-0.4, -0.2) is 25.5 Å². The van der Waals surface area contributed by atoms with Crippen LogP contribution in [-0.2, 0) is 14.3 Å². The molecule has 0 aliphatic rings. The largest absolute Gasteiger partial charge is 0.469 e. The smallest absolute Gasteiger partial charge is 0.305 e. The molecular formula is C14H16FNO3. The predicted octanol–water partition coefficient (Wildman–Crippen LogP) is 1.91. The summed E-state index contributed by atoms with van der Waals surface area (Å²) in [5.41, 5.74) is 0.615. The number of halogens is 1. The number of carbonyl (C=O) groups is 2. The van der Waals surface area contributed by atoms with Crippen molar-refractivity contribution < 1.29 is 18.7 Å². The molecule has 19 heavy (non-hydrogen) atoms. The van der Waals surface area contributed by atoms with E-state index in [0.29, 0.717) is 18.5 Å². The molecule has 0 bridgehead atoms. The van der Waals surface area contributed by atoms with E-state index < -0.39 is 0 Å². The van der Waals surface area contributed by atoms with Crippen molar-refractivity contribution >= 4 is 18.0 Å². The number of hydrogen-bond donors (Lipinski definition) is 1. The van der Waals surface area contributed by atoms with E-state index in [9.17, 15) is 14.0 Å². The summed E-state index contributed by atoms with van der Waals surface area (Å²) in [6, 6.07) is 5.94. The Morgan fingerprint density at radius 2 is 2.21 bits per heavy atom. The van der Waals surface area contributed by atoms with Gasteiger partial charge in [0.2, 0.25) is 5.91 Å². The van der Waals surface area contributed by atoms with Gasteiger partial charge in [-0.25, -0.2) is 4.39 Å². The molecule has 0 radical (unpaired) electrons. The fraction of sp³-hybridized carbons (Fsp3) is 0.286. The van der Waals surface area contributed by atoms with Crippen LogP contribution in [0.5, 0.6) is 0 Å². The van der Waals surface area contributed by atoms with E-state index in [1.807, 2.05) is 0 Å². The number of methoxy groups -OCH3 is 1. The third kappa shape index (κ3) is 6.35. The third-order valence-corrected chi connectivity index (χ3v) is 2.36. The summed E-state index contributed by atoms with van der Waals surface area (Å²) in [5, 5.41) is 2.62. The molecule has 0 aromatic heterocycles. The van der Waals surface area contributed by atoms with Gasteiger partial charge in [0, 0.05) is 19.0 Å². The Bertz CT molecular complexity index is 472. The molecular weight excluding hydrogens is 249 g/mol. The highest BCUT2D eigenvalue weighted by atomic mass is 19.1. The molecule has 1 N–H and O–H groups in total. The molecule has 0 saturated carbocycles.